The van der Waals surface area contributed by atoms with E-state index in [-0.39, 0.29) is 0 Å². The lowest BCUT2D eigenvalue weighted by molar-refractivity contribution is -0.482. The molecule has 0 amide bonds. The zero-order valence-electron chi connectivity index (χ0n) is 15.1. The fourth-order valence-corrected chi connectivity index (χ4v) is 2.36. The van der Waals surface area contributed by atoms with Gasteiger partial charge in [0, 0.05) is 0 Å². The molecule has 36 heavy (non-hydrogen) atoms. The summed E-state index contributed by atoms with van der Waals surface area (Å²) in [6.07, 6.45) is -16.2. The Balaban J connectivity index is 7.29. The molecule has 26 heteroatoms. The van der Waals surface area contributed by atoms with E-state index in [1.807, 2.05) is 0 Å². The summed E-state index contributed by atoms with van der Waals surface area (Å²) in [5.74, 6) is -71.9. The zero-order valence-corrected chi connectivity index (χ0v) is 16.0. The second kappa shape index (κ2) is 8.32. The quantitative estimate of drug-likeness (QED) is 0.235. The van der Waals surface area contributed by atoms with E-state index >= 15 is 0 Å². The van der Waals surface area contributed by atoms with Gasteiger partial charge >= 0.3 is 67.5 Å². The molecule has 0 fully saturated rings. The van der Waals surface area contributed by atoms with Gasteiger partial charge in [-0.25, -0.2) is 9.09 Å². The molecule has 0 bridgehead atoms. The normalized spacial score (nSPS) is 18.3. The van der Waals surface area contributed by atoms with E-state index in [4.69, 9.17) is 9.79 Å². The highest BCUT2D eigenvalue weighted by atomic mass is 31.2. The lowest BCUT2D eigenvalue weighted by Crippen LogP contribution is -2.77. The van der Waals surface area contributed by atoms with Gasteiger partial charge in [-0.2, -0.15) is 92.2 Å². The number of rotatable bonds is 9. The fraction of sp³-hybridized carbons (Fsp3) is 1.00. The molecule has 0 radical (unpaired) electrons. The van der Waals surface area contributed by atoms with E-state index in [1.54, 1.807) is 4.52 Å². The molecule has 218 valence electrons. The maximum Gasteiger partial charge on any atom is 0.472 e. The molecule has 0 rings (SSSR count). The molecule has 0 saturated heterocycles. The van der Waals surface area contributed by atoms with Crippen molar-refractivity contribution in [3.05, 3.63) is 0 Å². The third-order valence-electron chi connectivity index (χ3n) is 3.74. The zero-order chi connectivity index (χ0) is 30.2. The van der Waals surface area contributed by atoms with Gasteiger partial charge in [0.05, 0.1) is 0 Å². The number of phosphoric acid groups is 1. The van der Waals surface area contributed by atoms with Crippen LogP contribution in [0.2, 0.25) is 0 Å². The fourth-order valence-electron chi connectivity index (χ4n) is 1.82. The Kier molecular flexibility index (Phi) is 8.00. The topological polar surface area (TPSA) is 66.8 Å². The van der Waals surface area contributed by atoms with Crippen molar-refractivity contribution in [2.75, 3.05) is 0 Å². The van der Waals surface area contributed by atoms with Gasteiger partial charge in [0.1, 0.15) is 0 Å². The first-order valence-corrected chi connectivity index (χ1v) is 8.72. The van der Waals surface area contributed by atoms with Crippen LogP contribution in [-0.4, -0.2) is 69.5 Å². The lowest BCUT2D eigenvalue weighted by Gasteiger charge is -2.45. The van der Waals surface area contributed by atoms with Gasteiger partial charge < -0.3 is 9.79 Å². The van der Waals surface area contributed by atoms with Crippen molar-refractivity contribution in [1.29, 1.82) is 0 Å². The molecule has 4 nitrogen and oxygen atoms in total. The van der Waals surface area contributed by atoms with Gasteiger partial charge in [0.2, 0.25) is 0 Å². The van der Waals surface area contributed by atoms with E-state index in [0.29, 0.717) is 0 Å². The first-order chi connectivity index (χ1) is 15.0. The number of hydrogen-bond acceptors (Lipinski definition) is 2. The van der Waals surface area contributed by atoms with Gasteiger partial charge in [0.15, 0.2) is 0 Å². The van der Waals surface area contributed by atoms with E-state index in [1.165, 1.54) is 0 Å². The Morgan fingerprint density at radius 2 is 0.611 bits per heavy atom. The summed E-state index contributed by atoms with van der Waals surface area (Å²) in [6.45, 7) is 0. The summed E-state index contributed by atoms with van der Waals surface area (Å²) in [6, 6.07) is 0. The van der Waals surface area contributed by atoms with Crippen LogP contribution in [0.1, 0.15) is 0 Å². The molecule has 0 aromatic carbocycles. The van der Waals surface area contributed by atoms with Gasteiger partial charge in [-0.15, -0.1) is 0 Å². The summed E-state index contributed by atoms with van der Waals surface area (Å²) in [4.78, 5) is 15.9. The molecular weight excluding hydrogens is 614 g/mol. The maximum absolute atomic E-state index is 13.6. The predicted molar refractivity (Wildman–Crippen MR) is 63.7 cm³/mol. The van der Waals surface area contributed by atoms with Crippen molar-refractivity contribution < 1.29 is 111 Å². The molecule has 1 unspecified atom stereocenters. The van der Waals surface area contributed by atoms with Crippen molar-refractivity contribution in [3.8, 4) is 0 Å². The molecule has 0 heterocycles. The van der Waals surface area contributed by atoms with Crippen LogP contribution >= 0.6 is 7.82 Å². The Hall–Kier alpha value is -1.36. The van der Waals surface area contributed by atoms with Crippen molar-refractivity contribution in [3.63, 3.8) is 0 Å². The average Bonchev–Trinajstić information content (AvgIpc) is 2.56. The molecule has 1 atom stereocenters. The van der Waals surface area contributed by atoms with Crippen LogP contribution < -0.4 is 0 Å². The highest BCUT2D eigenvalue weighted by Gasteiger charge is 2.98. The average molecular weight is 616 g/mol. The maximum atomic E-state index is 13.6. The highest BCUT2D eigenvalue weighted by Crippen LogP contribution is 2.67. The molecule has 0 spiro atoms. The Morgan fingerprint density at radius 1 is 0.389 bits per heavy atom. The minimum absolute atomic E-state index is 1.56. The van der Waals surface area contributed by atoms with Crippen LogP contribution in [0, 0.1) is 0 Å². The lowest BCUT2D eigenvalue weighted by atomic mass is 9.87. The van der Waals surface area contributed by atoms with Crippen LogP contribution in [-0.2, 0) is 9.09 Å². The van der Waals surface area contributed by atoms with E-state index in [0.717, 1.165) is 0 Å². The second-order valence-electron chi connectivity index (χ2n) is 6.19. The molecule has 0 aromatic rings. The van der Waals surface area contributed by atoms with E-state index in [9.17, 15) is 96.8 Å². The Bertz CT molecular complexity index is 867. The molecular formula is C10H2F21O4P. The standard InChI is InChI=1S/C10H2F21O4P/c11-1(12,3(15,16)5(19,20)7(23,24)9(26,27)28)2(13,14)4(17,18)6(21,22)8(25,10(29,30)31)35-36(32,33)34/h(H2,32,33,34). The molecule has 2 N–H and O–H groups in total. The largest absolute Gasteiger partial charge is 0.472 e. The van der Waals surface area contributed by atoms with Gasteiger partial charge in [-0.05, 0) is 0 Å². The van der Waals surface area contributed by atoms with Gasteiger partial charge in [0.25, 0.3) is 0 Å². The van der Waals surface area contributed by atoms with Crippen LogP contribution in [0.15, 0.2) is 0 Å². The Morgan fingerprint density at radius 3 is 0.806 bits per heavy atom. The SMILES string of the molecule is O=P(O)(O)OC(F)(C(F)(F)F)C(F)(F)C(F)(F)C(F)(F)C(F)(F)C(F)(F)C(F)(F)C(F)(F)C(F)(F)F. The number of halogens is 21. The van der Waals surface area contributed by atoms with Crippen molar-refractivity contribution in [2.45, 2.75) is 59.7 Å². The minimum Gasteiger partial charge on any atom is -0.303 e. The third-order valence-corrected chi connectivity index (χ3v) is 4.22. The van der Waals surface area contributed by atoms with Crippen molar-refractivity contribution in [2.24, 2.45) is 0 Å². The monoisotopic (exact) mass is 616 g/mol. The first-order valence-electron chi connectivity index (χ1n) is 7.19. The predicted octanol–water partition coefficient (Wildman–Crippen LogP) is 6.33. The summed E-state index contributed by atoms with van der Waals surface area (Å²) in [5, 5.41) is 0. The first kappa shape index (κ1) is 34.6. The molecule has 0 aliphatic rings. The van der Waals surface area contributed by atoms with Crippen LogP contribution in [0.3, 0.4) is 0 Å². The number of alkyl halides is 21. The van der Waals surface area contributed by atoms with Crippen LogP contribution in [0.4, 0.5) is 92.2 Å². The summed E-state index contributed by atoms with van der Waals surface area (Å²) in [5.41, 5.74) is 0. The molecule has 0 aliphatic carbocycles. The molecule has 0 saturated carbocycles. The second-order valence-corrected chi connectivity index (χ2v) is 7.36. The minimum atomic E-state index is -9.36. The smallest absolute Gasteiger partial charge is 0.303 e. The van der Waals surface area contributed by atoms with Crippen LogP contribution in [0.25, 0.3) is 0 Å². The van der Waals surface area contributed by atoms with Crippen molar-refractivity contribution >= 4 is 7.82 Å². The van der Waals surface area contributed by atoms with Gasteiger partial charge in [-0.1, -0.05) is 0 Å². The van der Waals surface area contributed by atoms with Crippen molar-refractivity contribution in [1.82, 2.24) is 0 Å². The highest BCUT2D eigenvalue weighted by molar-refractivity contribution is 7.46. The molecule has 0 aliphatic heterocycles. The van der Waals surface area contributed by atoms with E-state index in [2.05, 4.69) is 0 Å². The molecule has 0 aromatic heterocycles. The Labute approximate surface area is 180 Å². The number of hydrogen-bond donors (Lipinski definition) is 2. The number of phosphoric ester groups is 1. The van der Waals surface area contributed by atoms with Gasteiger partial charge in [-0.3, -0.25) is 0 Å². The summed E-state index contributed by atoms with van der Waals surface area (Å²) < 4.78 is 284. The van der Waals surface area contributed by atoms with Crippen LogP contribution in [0.5, 0.6) is 0 Å². The third kappa shape index (κ3) is 4.46. The van der Waals surface area contributed by atoms with E-state index < -0.39 is 67.5 Å². The summed E-state index contributed by atoms with van der Waals surface area (Å²) >= 11 is 0. The summed E-state index contributed by atoms with van der Waals surface area (Å²) in [7, 11) is -7.58.